The molecule has 0 radical (unpaired) electrons. The van der Waals surface area contributed by atoms with Gasteiger partial charge in [-0.2, -0.15) is 0 Å². The molecule has 0 fully saturated rings. The molecule has 0 bridgehead atoms. The Bertz CT molecular complexity index is 179. The van der Waals surface area contributed by atoms with E-state index in [0.29, 0.717) is 6.54 Å². The number of rotatable bonds is 5. The smallest absolute Gasteiger partial charge is 0.0706 e. The maximum Gasteiger partial charge on any atom is 0.0706 e. The molecule has 0 aromatic heterocycles. The summed E-state index contributed by atoms with van der Waals surface area (Å²) >= 11 is 0. The minimum absolute atomic E-state index is 0.152. The van der Waals surface area contributed by atoms with Gasteiger partial charge in [0.05, 0.1) is 6.04 Å². The molecule has 13 heavy (non-hydrogen) atoms. The lowest BCUT2D eigenvalue weighted by atomic mass is 9.92. The average Bonchev–Trinajstić information content (AvgIpc) is 2.06. The van der Waals surface area contributed by atoms with Crippen LogP contribution in [-0.4, -0.2) is 31.1 Å². The average molecular weight is 182 g/mol. The van der Waals surface area contributed by atoms with Crippen molar-refractivity contribution in [1.82, 2.24) is 4.90 Å². The van der Waals surface area contributed by atoms with Crippen LogP contribution in [-0.2, 0) is 0 Å². The van der Waals surface area contributed by atoms with E-state index in [-0.39, 0.29) is 11.5 Å². The van der Waals surface area contributed by atoms with Crippen LogP contribution in [0.4, 0.5) is 0 Å². The lowest BCUT2D eigenvalue weighted by Gasteiger charge is -2.31. The Kier molecular flexibility index (Phi) is 5.05. The molecular formula is C11H22N2. The summed E-state index contributed by atoms with van der Waals surface area (Å²) in [6.07, 6.45) is 6.42. The van der Waals surface area contributed by atoms with E-state index in [2.05, 4.69) is 38.6 Å². The van der Waals surface area contributed by atoms with Crippen LogP contribution >= 0.6 is 0 Å². The summed E-state index contributed by atoms with van der Waals surface area (Å²) in [5, 5.41) is 0. The van der Waals surface area contributed by atoms with Crippen molar-refractivity contribution in [2.24, 2.45) is 11.1 Å². The molecule has 2 heteroatoms. The molecule has 0 saturated heterocycles. The number of terminal acetylenes is 1. The summed E-state index contributed by atoms with van der Waals surface area (Å²) in [5.41, 5.74) is 5.81. The Labute approximate surface area is 82.5 Å². The van der Waals surface area contributed by atoms with Crippen LogP contribution in [0.15, 0.2) is 0 Å². The molecule has 1 unspecified atom stereocenters. The first kappa shape index (κ1) is 12.5. The molecule has 0 heterocycles. The van der Waals surface area contributed by atoms with Crippen molar-refractivity contribution < 1.29 is 0 Å². The van der Waals surface area contributed by atoms with Gasteiger partial charge in [0, 0.05) is 6.54 Å². The first-order chi connectivity index (χ1) is 5.96. The van der Waals surface area contributed by atoms with Gasteiger partial charge in [-0.15, -0.1) is 6.42 Å². The molecule has 0 amide bonds. The van der Waals surface area contributed by atoms with E-state index < -0.39 is 0 Å². The van der Waals surface area contributed by atoms with Gasteiger partial charge in [-0.3, -0.25) is 4.90 Å². The third kappa shape index (κ3) is 4.31. The van der Waals surface area contributed by atoms with Crippen LogP contribution in [0, 0.1) is 17.8 Å². The number of hydrogen-bond donors (Lipinski definition) is 1. The maximum absolute atomic E-state index is 5.66. The van der Waals surface area contributed by atoms with Gasteiger partial charge in [0.2, 0.25) is 0 Å². The van der Waals surface area contributed by atoms with Gasteiger partial charge in [-0.05, 0) is 25.4 Å². The van der Waals surface area contributed by atoms with Crippen LogP contribution in [0.1, 0.15) is 27.2 Å². The highest BCUT2D eigenvalue weighted by Gasteiger charge is 2.20. The summed E-state index contributed by atoms with van der Waals surface area (Å²) in [5.74, 6) is 2.78. The SMILES string of the molecule is C#CC(CC)N(C)CC(C)(C)CN. The fourth-order valence-corrected chi connectivity index (χ4v) is 1.41. The second kappa shape index (κ2) is 5.26. The molecule has 0 spiro atoms. The molecule has 0 saturated carbocycles. The van der Waals surface area contributed by atoms with E-state index in [0.717, 1.165) is 13.0 Å². The molecule has 0 aliphatic heterocycles. The fourth-order valence-electron chi connectivity index (χ4n) is 1.41. The van der Waals surface area contributed by atoms with E-state index in [1.165, 1.54) is 0 Å². The summed E-state index contributed by atoms with van der Waals surface area (Å²) in [6, 6.07) is 0.242. The van der Waals surface area contributed by atoms with Crippen molar-refractivity contribution in [1.29, 1.82) is 0 Å². The summed E-state index contributed by atoms with van der Waals surface area (Å²) in [7, 11) is 2.06. The Morgan fingerprint density at radius 1 is 1.54 bits per heavy atom. The van der Waals surface area contributed by atoms with Gasteiger partial charge in [-0.25, -0.2) is 0 Å². The van der Waals surface area contributed by atoms with Crippen molar-refractivity contribution in [3.63, 3.8) is 0 Å². The predicted molar refractivity (Wildman–Crippen MR) is 58.4 cm³/mol. The lowest BCUT2D eigenvalue weighted by molar-refractivity contribution is 0.188. The molecule has 2 nitrogen and oxygen atoms in total. The minimum atomic E-state index is 0.152. The first-order valence-corrected chi connectivity index (χ1v) is 4.83. The van der Waals surface area contributed by atoms with Gasteiger partial charge in [-0.1, -0.05) is 26.7 Å². The highest BCUT2D eigenvalue weighted by molar-refractivity contribution is 4.99. The third-order valence-corrected chi connectivity index (χ3v) is 2.34. The zero-order valence-corrected chi connectivity index (χ0v) is 9.30. The van der Waals surface area contributed by atoms with Gasteiger partial charge in [0.1, 0.15) is 0 Å². The van der Waals surface area contributed by atoms with E-state index in [4.69, 9.17) is 12.2 Å². The fraction of sp³-hybridized carbons (Fsp3) is 0.818. The van der Waals surface area contributed by atoms with Crippen LogP contribution in [0.3, 0.4) is 0 Å². The highest BCUT2D eigenvalue weighted by atomic mass is 15.1. The molecule has 0 aliphatic rings. The molecule has 0 rings (SSSR count). The number of hydrogen-bond acceptors (Lipinski definition) is 2. The van der Waals surface area contributed by atoms with E-state index in [9.17, 15) is 0 Å². The second-order valence-electron chi connectivity index (χ2n) is 4.37. The molecule has 0 aromatic rings. The Morgan fingerprint density at radius 3 is 2.38 bits per heavy atom. The lowest BCUT2D eigenvalue weighted by Crippen LogP contribution is -2.41. The Hall–Kier alpha value is -0.520. The van der Waals surface area contributed by atoms with Crippen LogP contribution in [0.25, 0.3) is 0 Å². The van der Waals surface area contributed by atoms with Crippen molar-refractivity contribution in [2.75, 3.05) is 20.1 Å². The monoisotopic (exact) mass is 182 g/mol. The standard InChI is InChI=1S/C11H22N2/c1-6-10(7-2)13(5)9-11(3,4)8-12/h1,10H,7-9,12H2,2-5H3. The van der Waals surface area contributed by atoms with Crippen molar-refractivity contribution in [3.8, 4) is 12.3 Å². The maximum atomic E-state index is 5.66. The van der Waals surface area contributed by atoms with E-state index in [1.54, 1.807) is 0 Å². The van der Waals surface area contributed by atoms with E-state index in [1.807, 2.05) is 0 Å². The second-order valence-corrected chi connectivity index (χ2v) is 4.37. The summed E-state index contributed by atoms with van der Waals surface area (Å²) in [4.78, 5) is 2.20. The highest BCUT2D eigenvalue weighted by Crippen LogP contribution is 2.15. The first-order valence-electron chi connectivity index (χ1n) is 4.83. The van der Waals surface area contributed by atoms with Gasteiger partial charge >= 0.3 is 0 Å². The molecule has 76 valence electrons. The van der Waals surface area contributed by atoms with Crippen molar-refractivity contribution >= 4 is 0 Å². The van der Waals surface area contributed by atoms with Crippen molar-refractivity contribution in [3.05, 3.63) is 0 Å². The normalized spacial score (nSPS) is 14.2. The predicted octanol–water partition coefficient (Wildman–Crippen LogP) is 1.31. The third-order valence-electron chi connectivity index (χ3n) is 2.34. The quantitative estimate of drug-likeness (QED) is 0.650. The molecule has 1 atom stereocenters. The molecule has 0 aliphatic carbocycles. The summed E-state index contributed by atoms with van der Waals surface area (Å²) < 4.78 is 0. The number of nitrogens with zero attached hydrogens (tertiary/aromatic N) is 1. The van der Waals surface area contributed by atoms with E-state index >= 15 is 0 Å². The minimum Gasteiger partial charge on any atom is -0.330 e. The summed E-state index contributed by atoms with van der Waals surface area (Å²) in [6.45, 7) is 8.07. The largest absolute Gasteiger partial charge is 0.330 e. The zero-order valence-electron chi connectivity index (χ0n) is 9.30. The van der Waals surface area contributed by atoms with Crippen molar-refractivity contribution in [2.45, 2.75) is 33.2 Å². The molecule has 0 aromatic carbocycles. The van der Waals surface area contributed by atoms with Crippen LogP contribution < -0.4 is 5.73 Å². The molecular weight excluding hydrogens is 160 g/mol. The Balaban J connectivity index is 4.14. The van der Waals surface area contributed by atoms with Gasteiger partial charge in [0.25, 0.3) is 0 Å². The molecule has 2 N–H and O–H groups in total. The van der Waals surface area contributed by atoms with Crippen LogP contribution in [0.5, 0.6) is 0 Å². The number of nitrogens with two attached hydrogens (primary N) is 1. The van der Waals surface area contributed by atoms with Gasteiger partial charge < -0.3 is 5.73 Å². The topological polar surface area (TPSA) is 29.3 Å². The van der Waals surface area contributed by atoms with Gasteiger partial charge in [0.15, 0.2) is 0 Å². The van der Waals surface area contributed by atoms with Crippen LogP contribution in [0.2, 0.25) is 0 Å². The zero-order chi connectivity index (χ0) is 10.5. The Morgan fingerprint density at radius 2 is 2.08 bits per heavy atom.